The van der Waals surface area contributed by atoms with Crippen LogP contribution in [0.2, 0.25) is 0 Å². The van der Waals surface area contributed by atoms with Gasteiger partial charge in [-0.25, -0.2) is 0 Å². The maximum Gasteiger partial charge on any atom is 0.306 e. The number of carboxylic acids is 1. The number of hydrogen-bond acceptors (Lipinski definition) is 4. The van der Waals surface area contributed by atoms with Crippen LogP contribution in [0.5, 0.6) is 0 Å². The summed E-state index contributed by atoms with van der Waals surface area (Å²) in [5.74, 6) is -1.51. The number of carbonyl (C=O) groups excluding carboxylic acids is 1. The Bertz CT molecular complexity index is 525. The van der Waals surface area contributed by atoms with Gasteiger partial charge in [-0.2, -0.15) is 0 Å². The topological polar surface area (TPSA) is 94.8 Å². The van der Waals surface area contributed by atoms with E-state index in [2.05, 4.69) is 6.92 Å². The third-order valence-corrected chi connectivity index (χ3v) is 5.60. The van der Waals surface area contributed by atoms with Gasteiger partial charge in [0.2, 0.25) is 0 Å². The van der Waals surface area contributed by atoms with Crippen molar-refractivity contribution in [2.45, 2.75) is 77.9 Å². The molecule has 6 atom stereocenters. The van der Waals surface area contributed by atoms with E-state index in [-0.39, 0.29) is 35.9 Å². The largest absolute Gasteiger partial charge is 0.481 e. The fourth-order valence-electron chi connectivity index (χ4n) is 3.49. The van der Waals surface area contributed by atoms with Gasteiger partial charge in [0.05, 0.1) is 18.1 Å². The number of aliphatic hydroxyl groups excluding tert-OH is 2. The second-order valence-corrected chi connectivity index (χ2v) is 7.94. The molecule has 1 aliphatic carbocycles. The molecule has 5 nitrogen and oxygen atoms in total. The van der Waals surface area contributed by atoms with Crippen LogP contribution in [0.15, 0.2) is 24.3 Å². The highest BCUT2D eigenvalue weighted by molar-refractivity contribution is 5.84. The Morgan fingerprint density at radius 2 is 1.96 bits per heavy atom. The van der Waals surface area contributed by atoms with E-state index in [9.17, 15) is 19.8 Å². The van der Waals surface area contributed by atoms with Gasteiger partial charge in [-0.1, -0.05) is 57.9 Å². The highest BCUT2D eigenvalue weighted by Gasteiger charge is 2.39. The fourth-order valence-corrected chi connectivity index (χ4v) is 3.49. The van der Waals surface area contributed by atoms with Crippen molar-refractivity contribution in [1.29, 1.82) is 0 Å². The molecule has 0 aromatic rings. The van der Waals surface area contributed by atoms with E-state index in [1.165, 1.54) is 0 Å². The number of aliphatic carboxylic acids is 1. The molecular weight excluding hydrogens is 344 g/mol. The summed E-state index contributed by atoms with van der Waals surface area (Å²) in [6.07, 6.45) is 11.2. The number of aliphatic hydroxyl groups is 2. The molecule has 1 fully saturated rings. The van der Waals surface area contributed by atoms with Crippen LogP contribution >= 0.6 is 0 Å². The predicted molar refractivity (Wildman–Crippen MR) is 106 cm³/mol. The summed E-state index contributed by atoms with van der Waals surface area (Å²) in [7, 11) is 0. The minimum atomic E-state index is -0.797. The summed E-state index contributed by atoms with van der Waals surface area (Å²) in [6.45, 7) is 5.82. The summed E-state index contributed by atoms with van der Waals surface area (Å²) in [5.41, 5.74) is 0. The lowest BCUT2D eigenvalue weighted by atomic mass is 9.89. The smallest absolute Gasteiger partial charge is 0.306 e. The fraction of sp³-hybridized carbons (Fsp3) is 0.727. The third kappa shape index (κ3) is 7.97. The molecule has 1 aliphatic rings. The van der Waals surface area contributed by atoms with E-state index < -0.39 is 18.2 Å². The summed E-state index contributed by atoms with van der Waals surface area (Å²) in [4.78, 5) is 23.0. The maximum absolute atomic E-state index is 12.2. The molecule has 0 heterocycles. The minimum Gasteiger partial charge on any atom is -0.481 e. The zero-order valence-electron chi connectivity index (χ0n) is 16.9. The van der Waals surface area contributed by atoms with Crippen molar-refractivity contribution in [2.24, 2.45) is 23.7 Å². The molecule has 1 saturated carbocycles. The van der Waals surface area contributed by atoms with Crippen LogP contribution in [0.3, 0.4) is 0 Å². The molecule has 1 unspecified atom stereocenters. The van der Waals surface area contributed by atoms with Crippen molar-refractivity contribution < 1.29 is 24.9 Å². The van der Waals surface area contributed by atoms with Gasteiger partial charge in [0.25, 0.3) is 0 Å². The Balaban J connectivity index is 2.57. The van der Waals surface area contributed by atoms with E-state index >= 15 is 0 Å². The van der Waals surface area contributed by atoms with Crippen LogP contribution in [0.25, 0.3) is 0 Å². The Labute approximate surface area is 163 Å². The standard InChI is InChI=1S/C22H36O5/c1-4-5-9-15(2)19(23)13-12-18-17(20(24)14-21(18)25)11-8-6-7-10-16(3)22(26)27/h6,8,12-13,15-19,21,23,25H,4-5,7,9-11,14H2,1-3H3,(H,26,27)/b8-6-,13-12+/t15-,16?,17+,18+,19+,21+/m0/s1. The van der Waals surface area contributed by atoms with Crippen molar-refractivity contribution >= 4 is 11.8 Å². The van der Waals surface area contributed by atoms with Gasteiger partial charge in [0.1, 0.15) is 5.78 Å². The zero-order chi connectivity index (χ0) is 20.4. The number of rotatable bonds is 12. The SMILES string of the molecule is CCCC[C@H](C)[C@H](O)/C=C/[C@H]1[C@H](O)CC(=O)[C@@H]1C/C=C\CCC(C)C(=O)O. The van der Waals surface area contributed by atoms with Crippen LogP contribution in [0.4, 0.5) is 0 Å². The molecule has 3 N–H and O–H groups in total. The van der Waals surface area contributed by atoms with Gasteiger partial charge in [-0.05, 0) is 31.6 Å². The van der Waals surface area contributed by atoms with Crippen molar-refractivity contribution in [3.05, 3.63) is 24.3 Å². The van der Waals surface area contributed by atoms with E-state index in [1.807, 2.05) is 25.2 Å². The van der Waals surface area contributed by atoms with Crippen LogP contribution < -0.4 is 0 Å². The first-order valence-corrected chi connectivity index (χ1v) is 10.2. The highest BCUT2D eigenvalue weighted by atomic mass is 16.4. The molecule has 0 radical (unpaired) electrons. The number of carboxylic acid groups (broad SMARTS) is 1. The van der Waals surface area contributed by atoms with Gasteiger partial charge in [-0.15, -0.1) is 0 Å². The molecular formula is C22H36O5. The molecule has 0 aromatic heterocycles. The molecule has 154 valence electrons. The van der Waals surface area contributed by atoms with Crippen LogP contribution in [-0.2, 0) is 9.59 Å². The summed E-state index contributed by atoms with van der Waals surface area (Å²) >= 11 is 0. The molecule has 27 heavy (non-hydrogen) atoms. The zero-order valence-corrected chi connectivity index (χ0v) is 16.9. The summed E-state index contributed by atoms with van der Waals surface area (Å²) < 4.78 is 0. The first-order chi connectivity index (χ1) is 12.8. The Morgan fingerprint density at radius 3 is 2.59 bits per heavy atom. The first-order valence-electron chi connectivity index (χ1n) is 10.2. The number of ketones is 1. The summed E-state index contributed by atoms with van der Waals surface area (Å²) in [6, 6.07) is 0. The molecule has 0 spiro atoms. The lowest BCUT2D eigenvalue weighted by Gasteiger charge is -2.19. The van der Waals surface area contributed by atoms with Crippen LogP contribution in [-0.4, -0.2) is 39.3 Å². The van der Waals surface area contributed by atoms with Gasteiger partial charge >= 0.3 is 5.97 Å². The highest BCUT2D eigenvalue weighted by Crippen LogP contribution is 2.33. The summed E-state index contributed by atoms with van der Waals surface area (Å²) in [5, 5.41) is 29.4. The van der Waals surface area contributed by atoms with Crippen LogP contribution in [0.1, 0.15) is 65.7 Å². The van der Waals surface area contributed by atoms with E-state index in [0.29, 0.717) is 19.3 Å². The Kier molecular flexibility index (Phi) is 10.6. The lowest BCUT2D eigenvalue weighted by molar-refractivity contribution is -0.141. The first kappa shape index (κ1) is 23.6. The van der Waals surface area contributed by atoms with Crippen molar-refractivity contribution in [3.8, 4) is 0 Å². The van der Waals surface area contributed by atoms with Crippen molar-refractivity contribution in [1.82, 2.24) is 0 Å². The van der Waals surface area contributed by atoms with Crippen LogP contribution in [0, 0.1) is 23.7 Å². The van der Waals surface area contributed by atoms with E-state index in [4.69, 9.17) is 5.11 Å². The van der Waals surface area contributed by atoms with Gasteiger partial charge in [-0.3, -0.25) is 9.59 Å². The molecule has 5 heteroatoms. The monoisotopic (exact) mass is 380 g/mol. The average Bonchev–Trinajstić information content (AvgIpc) is 2.89. The normalized spacial score (nSPS) is 26.7. The Hall–Kier alpha value is -1.46. The Morgan fingerprint density at radius 1 is 1.26 bits per heavy atom. The van der Waals surface area contributed by atoms with Gasteiger partial charge < -0.3 is 15.3 Å². The molecule has 0 aromatic carbocycles. The van der Waals surface area contributed by atoms with Gasteiger partial charge in [0, 0.05) is 18.3 Å². The predicted octanol–water partition coefficient (Wildman–Crippen LogP) is 3.74. The van der Waals surface area contributed by atoms with E-state index in [0.717, 1.165) is 19.3 Å². The molecule has 0 amide bonds. The average molecular weight is 381 g/mol. The minimum absolute atomic E-state index is 0.0502. The molecule has 0 bridgehead atoms. The molecule has 0 aliphatic heterocycles. The number of unbranched alkanes of at least 4 members (excludes halogenated alkanes) is 1. The lowest BCUT2D eigenvalue weighted by Crippen LogP contribution is -2.20. The van der Waals surface area contributed by atoms with E-state index in [1.54, 1.807) is 13.0 Å². The molecule has 0 saturated heterocycles. The number of allylic oxidation sites excluding steroid dienone is 2. The third-order valence-electron chi connectivity index (χ3n) is 5.60. The maximum atomic E-state index is 12.2. The van der Waals surface area contributed by atoms with Gasteiger partial charge in [0.15, 0.2) is 0 Å². The second kappa shape index (κ2) is 12.1. The van der Waals surface area contributed by atoms with Crippen molar-refractivity contribution in [3.63, 3.8) is 0 Å². The molecule has 1 rings (SSSR count). The number of carbonyl (C=O) groups is 2. The quantitative estimate of drug-likeness (QED) is 0.448. The van der Waals surface area contributed by atoms with Crippen molar-refractivity contribution in [2.75, 3.05) is 0 Å². The number of Topliss-reactive ketones (excluding diaryl/α,β-unsaturated/α-hetero) is 1. The second-order valence-electron chi connectivity index (χ2n) is 7.94. The number of hydrogen-bond donors (Lipinski definition) is 3.